The van der Waals surface area contributed by atoms with Crippen LogP contribution in [0.1, 0.15) is 24.6 Å². The molecule has 1 aromatic carbocycles. The van der Waals surface area contributed by atoms with Crippen LogP contribution in [0.2, 0.25) is 0 Å². The van der Waals surface area contributed by atoms with E-state index in [1.807, 2.05) is 44.2 Å². The second-order valence-corrected chi connectivity index (χ2v) is 7.48. The van der Waals surface area contributed by atoms with Crippen LogP contribution in [0.5, 0.6) is 0 Å². The summed E-state index contributed by atoms with van der Waals surface area (Å²) < 4.78 is 24.4. The zero-order valence-electron chi connectivity index (χ0n) is 11.8. The molecule has 2 N–H and O–H groups in total. The van der Waals surface area contributed by atoms with Crippen molar-refractivity contribution in [2.24, 2.45) is 5.73 Å². The molecule has 0 bridgehead atoms. The van der Waals surface area contributed by atoms with Crippen LogP contribution in [-0.4, -0.2) is 25.2 Å². The molecule has 0 saturated carbocycles. The highest BCUT2D eigenvalue weighted by atomic mass is 32.2. The molecule has 1 aromatic heterocycles. The molecule has 0 aliphatic rings. The van der Waals surface area contributed by atoms with E-state index in [4.69, 9.17) is 5.73 Å². The first-order valence-electron chi connectivity index (χ1n) is 6.69. The van der Waals surface area contributed by atoms with Crippen molar-refractivity contribution in [2.75, 3.05) is 5.75 Å². The molecular formula is C15H20N2O2S. The van der Waals surface area contributed by atoms with Crippen LogP contribution in [0.25, 0.3) is 10.9 Å². The van der Waals surface area contributed by atoms with Crippen LogP contribution in [0, 0.1) is 6.92 Å². The first-order chi connectivity index (χ1) is 9.37. The van der Waals surface area contributed by atoms with E-state index in [2.05, 4.69) is 4.98 Å². The highest BCUT2D eigenvalue weighted by Gasteiger charge is 2.15. The molecule has 0 aliphatic heterocycles. The minimum Gasteiger partial charge on any atom is -0.328 e. The summed E-state index contributed by atoms with van der Waals surface area (Å²) in [4.78, 5) is 4.43. The van der Waals surface area contributed by atoms with Crippen LogP contribution in [0.3, 0.4) is 0 Å². The Morgan fingerprint density at radius 1 is 1.30 bits per heavy atom. The van der Waals surface area contributed by atoms with Crippen LogP contribution < -0.4 is 5.73 Å². The first kappa shape index (κ1) is 14.9. The molecule has 2 rings (SSSR count). The number of fused-ring (bicyclic) bond motifs is 1. The molecule has 1 unspecified atom stereocenters. The molecule has 0 radical (unpaired) electrons. The molecule has 20 heavy (non-hydrogen) atoms. The summed E-state index contributed by atoms with van der Waals surface area (Å²) in [6.07, 6.45) is 0.490. The molecule has 1 heterocycles. The quantitative estimate of drug-likeness (QED) is 0.917. The molecule has 0 amide bonds. The molecule has 4 nitrogen and oxygen atoms in total. The van der Waals surface area contributed by atoms with Gasteiger partial charge in [-0.1, -0.05) is 18.2 Å². The Balaban J connectivity index is 2.34. The second-order valence-electron chi connectivity index (χ2n) is 5.30. The summed E-state index contributed by atoms with van der Waals surface area (Å²) in [6, 6.07) is 9.38. The molecule has 108 valence electrons. The summed E-state index contributed by atoms with van der Waals surface area (Å²) in [5, 5.41) is 0.905. The van der Waals surface area contributed by atoms with Crippen molar-refractivity contribution >= 4 is 20.7 Å². The van der Waals surface area contributed by atoms with Gasteiger partial charge in [0.25, 0.3) is 0 Å². The Bertz CT molecular complexity index is 709. The van der Waals surface area contributed by atoms with Gasteiger partial charge < -0.3 is 5.73 Å². The number of aromatic nitrogens is 1. The van der Waals surface area contributed by atoms with E-state index in [-0.39, 0.29) is 17.5 Å². The Morgan fingerprint density at radius 3 is 2.70 bits per heavy atom. The third-order valence-electron chi connectivity index (χ3n) is 3.19. The van der Waals surface area contributed by atoms with Gasteiger partial charge in [0.15, 0.2) is 9.84 Å². The van der Waals surface area contributed by atoms with Gasteiger partial charge in [0, 0.05) is 17.1 Å². The van der Waals surface area contributed by atoms with Crippen LogP contribution in [0.4, 0.5) is 0 Å². The van der Waals surface area contributed by atoms with E-state index in [0.717, 1.165) is 22.2 Å². The number of aryl methyl sites for hydroxylation is 1. The summed E-state index contributed by atoms with van der Waals surface area (Å²) in [5.74, 6) is 0.171. The number of rotatable bonds is 5. The fourth-order valence-corrected chi connectivity index (χ4v) is 3.78. The van der Waals surface area contributed by atoms with Gasteiger partial charge in [-0.05, 0) is 38.0 Å². The van der Waals surface area contributed by atoms with E-state index in [1.54, 1.807) is 0 Å². The van der Waals surface area contributed by atoms with Gasteiger partial charge in [-0.15, -0.1) is 0 Å². The average Bonchev–Trinajstić information content (AvgIpc) is 2.36. The summed E-state index contributed by atoms with van der Waals surface area (Å²) in [7, 11) is -3.15. The maximum atomic E-state index is 12.2. The Hall–Kier alpha value is -1.46. The third-order valence-corrected chi connectivity index (χ3v) is 4.80. The number of sulfone groups is 1. The lowest BCUT2D eigenvalue weighted by Gasteiger charge is -2.10. The van der Waals surface area contributed by atoms with Gasteiger partial charge in [0.1, 0.15) is 0 Å². The lowest BCUT2D eigenvalue weighted by Crippen LogP contribution is -2.20. The first-order valence-corrected chi connectivity index (χ1v) is 8.51. The zero-order chi connectivity index (χ0) is 14.8. The standard InChI is InChI=1S/C15H20N2O2S/c1-11(16)7-8-20(18,19)10-13-9-12(2)17-15-6-4-3-5-14(13)15/h3-6,9,11H,7-8,10,16H2,1-2H3. The van der Waals surface area contributed by atoms with E-state index < -0.39 is 9.84 Å². The van der Waals surface area contributed by atoms with Crippen molar-refractivity contribution in [1.29, 1.82) is 0 Å². The lowest BCUT2D eigenvalue weighted by atomic mass is 10.1. The summed E-state index contributed by atoms with van der Waals surface area (Å²) in [6.45, 7) is 3.70. The zero-order valence-corrected chi connectivity index (χ0v) is 12.7. The van der Waals surface area contributed by atoms with E-state index in [0.29, 0.717) is 6.42 Å². The Kier molecular flexibility index (Phi) is 4.40. The average molecular weight is 292 g/mol. The van der Waals surface area contributed by atoms with E-state index in [9.17, 15) is 8.42 Å². The number of nitrogens with zero attached hydrogens (tertiary/aromatic N) is 1. The van der Waals surface area contributed by atoms with E-state index >= 15 is 0 Å². The summed E-state index contributed by atoms with van der Waals surface area (Å²) in [5.41, 5.74) is 8.12. The molecule has 5 heteroatoms. The normalized spacial score (nSPS) is 13.6. The number of hydrogen-bond acceptors (Lipinski definition) is 4. The van der Waals surface area contributed by atoms with Gasteiger partial charge in [0.05, 0.1) is 17.0 Å². The molecule has 2 aromatic rings. The summed E-state index contributed by atoms with van der Waals surface area (Å²) >= 11 is 0. The SMILES string of the molecule is Cc1cc(CS(=O)(=O)CCC(C)N)c2ccccc2n1. The van der Waals surface area contributed by atoms with Gasteiger partial charge in [-0.25, -0.2) is 8.42 Å². The highest BCUT2D eigenvalue weighted by molar-refractivity contribution is 7.90. The van der Waals surface area contributed by atoms with Crippen molar-refractivity contribution in [3.8, 4) is 0 Å². The van der Waals surface area contributed by atoms with Crippen LogP contribution >= 0.6 is 0 Å². The van der Waals surface area contributed by atoms with Crippen molar-refractivity contribution < 1.29 is 8.42 Å². The molecule has 1 atom stereocenters. The fourth-order valence-electron chi connectivity index (χ4n) is 2.19. The maximum Gasteiger partial charge on any atom is 0.154 e. The largest absolute Gasteiger partial charge is 0.328 e. The molecule has 0 spiro atoms. The Morgan fingerprint density at radius 2 is 2.00 bits per heavy atom. The van der Waals surface area contributed by atoms with Gasteiger partial charge in [-0.2, -0.15) is 0 Å². The molecule has 0 aliphatic carbocycles. The van der Waals surface area contributed by atoms with Crippen molar-refractivity contribution in [1.82, 2.24) is 4.98 Å². The van der Waals surface area contributed by atoms with Crippen LogP contribution in [-0.2, 0) is 15.6 Å². The fraction of sp³-hybridized carbons (Fsp3) is 0.400. The van der Waals surface area contributed by atoms with Gasteiger partial charge in [0.2, 0.25) is 0 Å². The van der Waals surface area contributed by atoms with E-state index in [1.165, 1.54) is 0 Å². The lowest BCUT2D eigenvalue weighted by molar-refractivity contribution is 0.587. The second kappa shape index (κ2) is 5.89. The maximum absolute atomic E-state index is 12.2. The highest BCUT2D eigenvalue weighted by Crippen LogP contribution is 2.20. The van der Waals surface area contributed by atoms with Crippen molar-refractivity contribution in [3.63, 3.8) is 0 Å². The topological polar surface area (TPSA) is 73.0 Å². The van der Waals surface area contributed by atoms with Crippen LogP contribution in [0.15, 0.2) is 30.3 Å². The predicted octanol–water partition coefficient (Wildman–Crippen LogP) is 2.20. The predicted molar refractivity (Wildman–Crippen MR) is 82.2 cm³/mol. The Labute approximate surface area is 119 Å². The van der Waals surface area contributed by atoms with Gasteiger partial charge in [-0.3, -0.25) is 4.98 Å². The van der Waals surface area contributed by atoms with Crippen molar-refractivity contribution in [3.05, 3.63) is 41.6 Å². The number of nitrogens with two attached hydrogens (primary N) is 1. The smallest absolute Gasteiger partial charge is 0.154 e. The molecule has 0 saturated heterocycles. The van der Waals surface area contributed by atoms with Crippen molar-refractivity contribution in [2.45, 2.75) is 32.1 Å². The monoisotopic (exact) mass is 292 g/mol. The van der Waals surface area contributed by atoms with Gasteiger partial charge >= 0.3 is 0 Å². The number of hydrogen-bond donors (Lipinski definition) is 1. The minimum absolute atomic E-state index is 0.0452. The molecular weight excluding hydrogens is 272 g/mol. The number of para-hydroxylation sites is 1. The minimum atomic E-state index is -3.15. The number of benzene rings is 1. The number of pyridine rings is 1. The third kappa shape index (κ3) is 3.77. The molecule has 0 fully saturated rings.